The number of methoxy groups -OCH3 is 2. The predicted octanol–water partition coefficient (Wildman–Crippen LogP) is 3.62. The standard InChI is InChI=1S/C21H24FNO3/c1-25-19-8-9-20(26-2)16(13-19)14-21(24)23-10-4-7-18(23)12-15-5-3-6-17(22)11-15/h3,5-6,8-9,11,13,18H,4,7,10,12,14H2,1-2H3. The number of halogens is 1. The molecule has 1 saturated heterocycles. The van der Waals surface area contributed by atoms with E-state index in [4.69, 9.17) is 9.47 Å². The van der Waals surface area contributed by atoms with Gasteiger partial charge >= 0.3 is 0 Å². The number of amides is 1. The Hall–Kier alpha value is -2.56. The molecule has 0 spiro atoms. The van der Waals surface area contributed by atoms with Gasteiger partial charge in [-0.3, -0.25) is 4.79 Å². The van der Waals surface area contributed by atoms with Crippen molar-refractivity contribution in [2.45, 2.75) is 31.7 Å². The molecule has 0 radical (unpaired) electrons. The summed E-state index contributed by atoms with van der Waals surface area (Å²) >= 11 is 0. The van der Waals surface area contributed by atoms with Crippen LogP contribution >= 0.6 is 0 Å². The van der Waals surface area contributed by atoms with Gasteiger partial charge in [0.2, 0.25) is 5.91 Å². The molecule has 3 rings (SSSR count). The summed E-state index contributed by atoms with van der Waals surface area (Å²) in [5.41, 5.74) is 1.74. The van der Waals surface area contributed by atoms with Gasteiger partial charge in [-0.1, -0.05) is 12.1 Å². The summed E-state index contributed by atoms with van der Waals surface area (Å²) in [7, 11) is 3.20. The van der Waals surface area contributed by atoms with E-state index in [1.807, 2.05) is 29.2 Å². The van der Waals surface area contributed by atoms with Gasteiger partial charge in [0.05, 0.1) is 20.6 Å². The Kier molecular flexibility index (Phi) is 5.76. The number of hydrogen-bond acceptors (Lipinski definition) is 3. The zero-order chi connectivity index (χ0) is 18.5. The lowest BCUT2D eigenvalue weighted by molar-refractivity contribution is -0.131. The molecule has 0 aliphatic carbocycles. The van der Waals surface area contributed by atoms with E-state index in [-0.39, 0.29) is 24.2 Å². The van der Waals surface area contributed by atoms with Gasteiger partial charge in [0.1, 0.15) is 17.3 Å². The fraction of sp³-hybridized carbons (Fsp3) is 0.381. The third kappa shape index (κ3) is 4.15. The highest BCUT2D eigenvalue weighted by Gasteiger charge is 2.29. The Morgan fingerprint density at radius 3 is 2.77 bits per heavy atom. The Balaban J connectivity index is 1.72. The molecule has 1 heterocycles. The maximum absolute atomic E-state index is 13.4. The SMILES string of the molecule is COc1ccc(OC)c(CC(=O)N2CCCC2Cc2cccc(F)c2)c1. The van der Waals surface area contributed by atoms with Crippen molar-refractivity contribution in [1.29, 1.82) is 0 Å². The second kappa shape index (κ2) is 8.21. The minimum atomic E-state index is -0.237. The van der Waals surface area contributed by atoms with Crippen LogP contribution in [0.5, 0.6) is 11.5 Å². The first-order valence-corrected chi connectivity index (χ1v) is 8.85. The summed E-state index contributed by atoms with van der Waals surface area (Å²) in [5.74, 6) is 1.21. The normalized spacial score (nSPS) is 16.6. The molecule has 1 unspecified atom stereocenters. The van der Waals surface area contributed by atoms with Gasteiger partial charge in [-0.15, -0.1) is 0 Å². The summed E-state index contributed by atoms with van der Waals surface area (Å²) in [6.45, 7) is 0.741. The molecule has 2 aromatic rings. The molecule has 5 heteroatoms. The minimum absolute atomic E-state index is 0.0652. The lowest BCUT2D eigenvalue weighted by Crippen LogP contribution is -2.37. The zero-order valence-corrected chi connectivity index (χ0v) is 15.2. The van der Waals surface area contributed by atoms with Gasteiger partial charge in [0.15, 0.2) is 0 Å². The van der Waals surface area contributed by atoms with Crippen LogP contribution in [0.4, 0.5) is 4.39 Å². The van der Waals surface area contributed by atoms with Gasteiger partial charge in [-0.05, 0) is 55.2 Å². The summed E-state index contributed by atoms with van der Waals surface area (Å²) in [5, 5.41) is 0. The molecule has 1 fully saturated rings. The van der Waals surface area contributed by atoms with Crippen molar-refractivity contribution in [3.05, 3.63) is 59.4 Å². The first kappa shape index (κ1) is 18.2. The third-order valence-corrected chi connectivity index (χ3v) is 4.89. The molecule has 0 N–H and O–H groups in total. The highest BCUT2D eigenvalue weighted by Crippen LogP contribution is 2.27. The molecule has 1 aliphatic rings. The average Bonchev–Trinajstić information content (AvgIpc) is 3.10. The summed E-state index contributed by atoms with van der Waals surface area (Å²) < 4.78 is 24.1. The van der Waals surface area contributed by atoms with Crippen LogP contribution in [0, 0.1) is 5.82 Å². The quantitative estimate of drug-likeness (QED) is 0.793. The van der Waals surface area contributed by atoms with Crippen molar-refractivity contribution in [1.82, 2.24) is 4.90 Å². The molecular weight excluding hydrogens is 333 g/mol. The fourth-order valence-corrected chi connectivity index (χ4v) is 3.60. The molecule has 0 bridgehead atoms. The zero-order valence-electron chi connectivity index (χ0n) is 15.2. The highest BCUT2D eigenvalue weighted by molar-refractivity contribution is 5.80. The minimum Gasteiger partial charge on any atom is -0.497 e. The Bertz CT molecular complexity index is 778. The molecule has 26 heavy (non-hydrogen) atoms. The van der Waals surface area contributed by atoms with Crippen LogP contribution in [-0.4, -0.2) is 37.6 Å². The van der Waals surface area contributed by atoms with Gasteiger partial charge in [0.25, 0.3) is 0 Å². The van der Waals surface area contributed by atoms with Crippen molar-refractivity contribution in [3.8, 4) is 11.5 Å². The molecular formula is C21H24FNO3. The lowest BCUT2D eigenvalue weighted by Gasteiger charge is -2.25. The number of carbonyl (C=O) groups is 1. The molecule has 1 aliphatic heterocycles. The number of benzene rings is 2. The lowest BCUT2D eigenvalue weighted by atomic mass is 10.0. The summed E-state index contributed by atoms with van der Waals surface area (Å²) in [6.07, 6.45) is 2.86. The monoisotopic (exact) mass is 357 g/mol. The van der Waals surface area contributed by atoms with Crippen LogP contribution in [-0.2, 0) is 17.6 Å². The maximum atomic E-state index is 13.4. The predicted molar refractivity (Wildman–Crippen MR) is 98.1 cm³/mol. The molecule has 2 aromatic carbocycles. The van der Waals surface area contributed by atoms with E-state index in [2.05, 4.69) is 0 Å². The molecule has 1 amide bonds. The second-order valence-electron chi connectivity index (χ2n) is 6.57. The van der Waals surface area contributed by atoms with Crippen LogP contribution in [0.1, 0.15) is 24.0 Å². The topological polar surface area (TPSA) is 38.8 Å². The van der Waals surface area contributed by atoms with Crippen molar-refractivity contribution < 1.29 is 18.7 Å². The summed E-state index contributed by atoms with van der Waals surface area (Å²) in [4.78, 5) is 14.8. The van der Waals surface area contributed by atoms with E-state index in [1.54, 1.807) is 26.4 Å². The van der Waals surface area contributed by atoms with E-state index in [1.165, 1.54) is 6.07 Å². The number of ether oxygens (including phenoxy) is 2. The van der Waals surface area contributed by atoms with Crippen molar-refractivity contribution in [3.63, 3.8) is 0 Å². The second-order valence-corrected chi connectivity index (χ2v) is 6.57. The van der Waals surface area contributed by atoms with Gasteiger partial charge in [0, 0.05) is 18.2 Å². The van der Waals surface area contributed by atoms with Crippen LogP contribution in [0.15, 0.2) is 42.5 Å². The number of likely N-dealkylation sites (tertiary alicyclic amines) is 1. The van der Waals surface area contributed by atoms with Gasteiger partial charge < -0.3 is 14.4 Å². The third-order valence-electron chi connectivity index (χ3n) is 4.89. The van der Waals surface area contributed by atoms with E-state index in [0.29, 0.717) is 17.9 Å². The van der Waals surface area contributed by atoms with Crippen LogP contribution in [0.3, 0.4) is 0 Å². The number of carbonyl (C=O) groups excluding carboxylic acids is 1. The molecule has 0 aromatic heterocycles. The van der Waals surface area contributed by atoms with Gasteiger partial charge in [-0.25, -0.2) is 4.39 Å². The van der Waals surface area contributed by atoms with Crippen LogP contribution in [0.2, 0.25) is 0 Å². The first-order valence-electron chi connectivity index (χ1n) is 8.85. The Morgan fingerprint density at radius 2 is 2.04 bits per heavy atom. The Morgan fingerprint density at radius 1 is 1.19 bits per heavy atom. The highest BCUT2D eigenvalue weighted by atomic mass is 19.1. The van der Waals surface area contributed by atoms with E-state index < -0.39 is 0 Å². The molecule has 4 nitrogen and oxygen atoms in total. The average molecular weight is 357 g/mol. The fourth-order valence-electron chi connectivity index (χ4n) is 3.60. The van der Waals surface area contributed by atoms with Crippen LogP contribution in [0.25, 0.3) is 0 Å². The van der Waals surface area contributed by atoms with E-state index >= 15 is 0 Å². The number of nitrogens with zero attached hydrogens (tertiary/aromatic N) is 1. The van der Waals surface area contributed by atoms with E-state index in [0.717, 1.165) is 30.5 Å². The molecule has 0 saturated carbocycles. The largest absolute Gasteiger partial charge is 0.497 e. The van der Waals surface area contributed by atoms with Gasteiger partial charge in [-0.2, -0.15) is 0 Å². The smallest absolute Gasteiger partial charge is 0.227 e. The Labute approximate surface area is 153 Å². The van der Waals surface area contributed by atoms with Crippen molar-refractivity contribution in [2.75, 3.05) is 20.8 Å². The summed E-state index contributed by atoms with van der Waals surface area (Å²) in [6, 6.07) is 12.2. The molecule has 1 atom stereocenters. The maximum Gasteiger partial charge on any atom is 0.227 e. The number of rotatable bonds is 6. The van der Waals surface area contributed by atoms with Crippen LogP contribution < -0.4 is 9.47 Å². The first-order chi connectivity index (χ1) is 12.6. The number of hydrogen-bond donors (Lipinski definition) is 0. The molecule has 138 valence electrons. The van der Waals surface area contributed by atoms with Crippen molar-refractivity contribution >= 4 is 5.91 Å². The van der Waals surface area contributed by atoms with E-state index in [9.17, 15) is 9.18 Å². The van der Waals surface area contributed by atoms with Crippen molar-refractivity contribution in [2.24, 2.45) is 0 Å².